The number of thioether (sulfide) groups is 1. The first-order valence-electron chi connectivity index (χ1n) is 10.3. The van der Waals surface area contributed by atoms with Crippen LogP contribution >= 0.6 is 11.8 Å². The molecule has 0 aromatic carbocycles. The number of hydrogen-bond acceptors (Lipinski definition) is 9. The Bertz CT molecular complexity index is 985. The van der Waals surface area contributed by atoms with Crippen LogP contribution in [0.5, 0.6) is 0 Å². The molecule has 2 saturated heterocycles. The SMILES string of the molecule is CC1CCC2(CC1)NC(=O)N(NC(=O)CSc1nnc(C[C@@H]3CCS(=O)(=O)C3)o1)C2=O. The second-order valence-electron chi connectivity index (χ2n) is 8.59. The van der Waals surface area contributed by atoms with Crippen LogP contribution in [0.25, 0.3) is 0 Å². The summed E-state index contributed by atoms with van der Waals surface area (Å²) in [5, 5.41) is 11.4. The van der Waals surface area contributed by atoms with Gasteiger partial charge >= 0.3 is 6.03 Å². The van der Waals surface area contributed by atoms with Gasteiger partial charge in [0.05, 0.1) is 17.3 Å². The number of nitrogens with zero attached hydrogens (tertiary/aromatic N) is 3. The van der Waals surface area contributed by atoms with Gasteiger partial charge in [-0.25, -0.2) is 13.2 Å². The van der Waals surface area contributed by atoms with Gasteiger partial charge in [-0.2, -0.15) is 5.01 Å². The maximum Gasteiger partial charge on any atom is 0.344 e. The third kappa shape index (κ3) is 4.86. The Kier molecular flexibility index (Phi) is 5.99. The van der Waals surface area contributed by atoms with E-state index in [-0.39, 0.29) is 28.4 Å². The zero-order valence-electron chi connectivity index (χ0n) is 17.1. The summed E-state index contributed by atoms with van der Waals surface area (Å²) in [7, 11) is -2.98. The fraction of sp³-hybridized carbons (Fsp3) is 0.722. The number of amides is 4. The quantitative estimate of drug-likeness (QED) is 0.450. The maximum absolute atomic E-state index is 12.8. The number of aromatic nitrogens is 2. The lowest BCUT2D eigenvalue weighted by atomic mass is 9.77. The number of imide groups is 1. The Balaban J connectivity index is 1.27. The average molecular weight is 472 g/mol. The van der Waals surface area contributed by atoms with Gasteiger partial charge in [-0.15, -0.1) is 10.2 Å². The Morgan fingerprint density at radius 3 is 2.71 bits per heavy atom. The summed E-state index contributed by atoms with van der Waals surface area (Å²) in [6, 6.07) is -0.621. The Labute approximate surface area is 184 Å². The van der Waals surface area contributed by atoms with Crippen LogP contribution in [0.15, 0.2) is 9.64 Å². The summed E-state index contributed by atoms with van der Waals surface area (Å²) in [6.07, 6.45) is 3.76. The molecule has 4 rings (SSSR count). The van der Waals surface area contributed by atoms with Crippen LogP contribution in [0, 0.1) is 11.8 Å². The number of urea groups is 1. The number of sulfone groups is 1. The van der Waals surface area contributed by atoms with Crippen molar-refractivity contribution in [3.8, 4) is 0 Å². The molecular weight excluding hydrogens is 446 g/mol. The van der Waals surface area contributed by atoms with E-state index in [2.05, 4.69) is 27.9 Å². The molecule has 4 amide bonds. The van der Waals surface area contributed by atoms with E-state index < -0.39 is 33.2 Å². The van der Waals surface area contributed by atoms with Crippen LogP contribution in [0.3, 0.4) is 0 Å². The summed E-state index contributed by atoms with van der Waals surface area (Å²) in [5.41, 5.74) is 1.44. The van der Waals surface area contributed by atoms with Crippen LogP contribution in [0.2, 0.25) is 0 Å². The molecule has 1 atom stereocenters. The van der Waals surface area contributed by atoms with Crippen LogP contribution in [-0.2, 0) is 25.8 Å². The molecule has 1 spiro atoms. The van der Waals surface area contributed by atoms with Crippen molar-refractivity contribution in [2.75, 3.05) is 17.3 Å². The van der Waals surface area contributed by atoms with Gasteiger partial charge in [0.1, 0.15) is 5.54 Å². The van der Waals surface area contributed by atoms with Crippen molar-refractivity contribution >= 4 is 39.4 Å². The molecule has 1 saturated carbocycles. The highest BCUT2D eigenvalue weighted by molar-refractivity contribution is 7.99. The zero-order chi connectivity index (χ0) is 22.2. The number of carbonyl (C=O) groups excluding carboxylic acids is 3. The van der Waals surface area contributed by atoms with E-state index in [1.807, 2.05) is 0 Å². The average Bonchev–Trinajstić information content (AvgIpc) is 3.36. The molecule has 1 aromatic rings. The lowest BCUT2D eigenvalue weighted by molar-refractivity contribution is -0.139. The first-order valence-corrected chi connectivity index (χ1v) is 13.1. The number of hydrazine groups is 1. The summed E-state index contributed by atoms with van der Waals surface area (Å²) in [4.78, 5) is 37.3. The van der Waals surface area contributed by atoms with Gasteiger partial charge in [0.15, 0.2) is 9.84 Å². The Hall–Kier alpha value is -2.15. The van der Waals surface area contributed by atoms with Crippen molar-refractivity contribution in [3.05, 3.63) is 5.89 Å². The van der Waals surface area contributed by atoms with Crippen molar-refractivity contribution in [1.29, 1.82) is 0 Å². The highest BCUT2D eigenvalue weighted by atomic mass is 32.2. The van der Waals surface area contributed by atoms with Crippen molar-refractivity contribution in [1.82, 2.24) is 25.9 Å². The minimum absolute atomic E-state index is 0.0404. The standard InChI is InChI=1S/C18H25N5O6S2/c1-11-2-5-18(6-3-11)15(25)23(16(26)19-18)22-13(24)9-30-17-21-20-14(29-17)8-12-4-7-31(27,28)10-12/h11-12H,2-10H2,1H3,(H,19,26)(H,22,24)/t11?,12-,18?/m0/s1. The highest BCUT2D eigenvalue weighted by Gasteiger charge is 2.52. The number of carbonyl (C=O) groups is 3. The Morgan fingerprint density at radius 2 is 2.03 bits per heavy atom. The predicted octanol–water partition coefficient (Wildman–Crippen LogP) is 0.671. The third-order valence-electron chi connectivity index (χ3n) is 6.09. The monoisotopic (exact) mass is 471 g/mol. The molecule has 31 heavy (non-hydrogen) atoms. The minimum atomic E-state index is -2.98. The van der Waals surface area contributed by atoms with Gasteiger partial charge in [-0.3, -0.25) is 15.0 Å². The molecule has 0 unspecified atom stereocenters. The van der Waals surface area contributed by atoms with E-state index in [4.69, 9.17) is 4.42 Å². The molecule has 0 radical (unpaired) electrons. The molecule has 13 heteroatoms. The smallest absolute Gasteiger partial charge is 0.344 e. The maximum atomic E-state index is 12.8. The number of rotatable bonds is 6. The van der Waals surface area contributed by atoms with Crippen LogP contribution in [0.1, 0.15) is 44.9 Å². The van der Waals surface area contributed by atoms with Gasteiger partial charge in [0.2, 0.25) is 11.8 Å². The van der Waals surface area contributed by atoms with Gasteiger partial charge in [-0.05, 0) is 43.9 Å². The second kappa shape index (κ2) is 8.41. The van der Waals surface area contributed by atoms with Gasteiger partial charge in [0.25, 0.3) is 11.1 Å². The third-order valence-corrected chi connectivity index (χ3v) is 8.75. The molecule has 170 valence electrons. The second-order valence-corrected chi connectivity index (χ2v) is 11.7. The fourth-order valence-electron chi connectivity index (χ4n) is 4.26. The first kappa shape index (κ1) is 22.1. The molecule has 3 aliphatic rings. The van der Waals surface area contributed by atoms with E-state index in [9.17, 15) is 22.8 Å². The highest BCUT2D eigenvalue weighted by Crippen LogP contribution is 2.35. The van der Waals surface area contributed by atoms with Gasteiger partial charge in [-0.1, -0.05) is 18.7 Å². The summed E-state index contributed by atoms with van der Waals surface area (Å²) < 4.78 is 28.6. The molecule has 1 aromatic heterocycles. The van der Waals surface area contributed by atoms with Gasteiger partial charge in [0, 0.05) is 6.42 Å². The summed E-state index contributed by atoms with van der Waals surface area (Å²) in [6.45, 7) is 2.11. The van der Waals surface area contributed by atoms with E-state index in [0.717, 1.165) is 29.6 Å². The van der Waals surface area contributed by atoms with Crippen molar-refractivity contribution in [3.63, 3.8) is 0 Å². The van der Waals surface area contributed by atoms with Crippen LogP contribution < -0.4 is 10.7 Å². The molecule has 2 aliphatic heterocycles. The lowest BCUT2D eigenvalue weighted by Crippen LogP contribution is -2.51. The molecule has 2 N–H and O–H groups in total. The summed E-state index contributed by atoms with van der Waals surface area (Å²) >= 11 is 0.980. The van der Waals surface area contributed by atoms with Crippen LogP contribution in [0.4, 0.5) is 4.79 Å². The molecule has 11 nitrogen and oxygen atoms in total. The largest absolute Gasteiger partial charge is 0.416 e. The number of nitrogens with one attached hydrogen (secondary N) is 2. The molecule has 3 heterocycles. The molecule has 1 aliphatic carbocycles. The fourth-order valence-corrected chi connectivity index (χ4v) is 6.69. The molecule has 3 fully saturated rings. The van der Waals surface area contributed by atoms with E-state index in [1.54, 1.807) is 0 Å². The normalized spacial score (nSPS) is 30.0. The topological polar surface area (TPSA) is 152 Å². The Morgan fingerprint density at radius 1 is 1.29 bits per heavy atom. The van der Waals surface area contributed by atoms with Crippen molar-refractivity contribution in [2.24, 2.45) is 11.8 Å². The van der Waals surface area contributed by atoms with E-state index in [0.29, 0.717) is 37.5 Å². The van der Waals surface area contributed by atoms with Crippen molar-refractivity contribution in [2.45, 2.75) is 56.2 Å². The first-order chi connectivity index (χ1) is 14.7. The van der Waals surface area contributed by atoms with E-state index >= 15 is 0 Å². The van der Waals surface area contributed by atoms with E-state index in [1.165, 1.54) is 0 Å². The predicted molar refractivity (Wildman–Crippen MR) is 109 cm³/mol. The number of hydrogen-bond donors (Lipinski definition) is 2. The molecule has 0 bridgehead atoms. The summed E-state index contributed by atoms with van der Waals surface area (Å²) in [5.74, 6) is -0.00325. The lowest BCUT2D eigenvalue weighted by Gasteiger charge is -2.33. The van der Waals surface area contributed by atoms with Crippen LogP contribution in [-0.4, -0.2) is 64.3 Å². The zero-order valence-corrected chi connectivity index (χ0v) is 18.8. The van der Waals surface area contributed by atoms with Gasteiger partial charge < -0.3 is 9.73 Å². The van der Waals surface area contributed by atoms with Crippen molar-refractivity contribution < 1.29 is 27.2 Å². The molecular formula is C18H25N5O6S2. The minimum Gasteiger partial charge on any atom is -0.416 e.